The fraction of sp³-hybridized carbons (Fsp3) is 0.875. The van der Waals surface area contributed by atoms with E-state index in [1.165, 1.54) is 57.7 Å². The standard InChI is InChI=1S/C16H28B/c1-4-16(2,3)15(14-8-5-9-14)17-12-6-7-13-10-11-13/h13H,4-12H2,1-3H3. The summed E-state index contributed by atoms with van der Waals surface area (Å²) in [5, 5.41) is 0. The van der Waals surface area contributed by atoms with Crippen LogP contribution in [0, 0.1) is 11.3 Å². The maximum atomic E-state index is 2.58. The Labute approximate surface area is 108 Å². The lowest BCUT2D eigenvalue weighted by Crippen LogP contribution is -2.22. The molecule has 2 fully saturated rings. The molecule has 0 atom stereocenters. The smallest absolute Gasteiger partial charge is 0.104 e. The van der Waals surface area contributed by atoms with Crippen molar-refractivity contribution in [3.8, 4) is 0 Å². The van der Waals surface area contributed by atoms with Gasteiger partial charge in [-0.2, -0.15) is 0 Å². The summed E-state index contributed by atoms with van der Waals surface area (Å²) in [7, 11) is 2.58. The van der Waals surface area contributed by atoms with E-state index in [1.807, 2.05) is 0 Å². The molecule has 0 aromatic heterocycles. The highest BCUT2D eigenvalue weighted by atomic mass is 14.3. The van der Waals surface area contributed by atoms with Crippen molar-refractivity contribution >= 4 is 7.28 Å². The molecule has 0 nitrogen and oxygen atoms in total. The minimum absolute atomic E-state index is 0.412. The largest absolute Gasteiger partial charge is 0.146 e. The SMILES string of the molecule is CCC(C)(C)C([B]CCCC1CC1)=C1CCC1. The Bertz CT molecular complexity index is 278. The quantitative estimate of drug-likeness (QED) is 0.418. The zero-order chi connectivity index (χ0) is 12.3. The highest BCUT2D eigenvalue weighted by Crippen LogP contribution is 2.40. The lowest BCUT2D eigenvalue weighted by molar-refractivity contribution is 0.434. The van der Waals surface area contributed by atoms with Crippen molar-refractivity contribution in [2.75, 3.05) is 0 Å². The van der Waals surface area contributed by atoms with E-state index < -0.39 is 0 Å². The molecule has 0 spiro atoms. The molecule has 17 heavy (non-hydrogen) atoms. The first-order valence-electron chi connectivity index (χ1n) is 7.69. The summed E-state index contributed by atoms with van der Waals surface area (Å²) in [5.74, 6) is 1.10. The summed E-state index contributed by atoms with van der Waals surface area (Å²) in [4.78, 5) is 0. The summed E-state index contributed by atoms with van der Waals surface area (Å²) in [6, 6.07) is 0. The van der Waals surface area contributed by atoms with Gasteiger partial charge in [-0.05, 0) is 37.0 Å². The summed E-state index contributed by atoms with van der Waals surface area (Å²) < 4.78 is 0. The van der Waals surface area contributed by atoms with E-state index in [4.69, 9.17) is 0 Å². The van der Waals surface area contributed by atoms with Crippen molar-refractivity contribution in [2.45, 2.75) is 78.5 Å². The molecule has 2 saturated carbocycles. The molecule has 2 aliphatic rings. The molecular formula is C16H28B. The third-order valence-corrected chi connectivity index (χ3v) is 4.81. The van der Waals surface area contributed by atoms with Crippen LogP contribution in [0.1, 0.15) is 72.1 Å². The molecule has 0 amide bonds. The fourth-order valence-electron chi connectivity index (χ4n) is 2.77. The molecule has 0 N–H and O–H groups in total. The second kappa shape index (κ2) is 5.63. The Morgan fingerprint density at radius 2 is 2.00 bits per heavy atom. The van der Waals surface area contributed by atoms with Crippen molar-refractivity contribution in [1.29, 1.82) is 0 Å². The van der Waals surface area contributed by atoms with E-state index in [2.05, 4.69) is 28.1 Å². The Kier molecular flexibility index (Phi) is 4.39. The second-order valence-corrected chi connectivity index (χ2v) is 6.69. The van der Waals surface area contributed by atoms with Gasteiger partial charge in [0.05, 0.1) is 0 Å². The van der Waals surface area contributed by atoms with Gasteiger partial charge in [-0.15, -0.1) is 5.47 Å². The number of hydrogen-bond donors (Lipinski definition) is 0. The lowest BCUT2D eigenvalue weighted by atomic mass is 9.52. The van der Waals surface area contributed by atoms with Crippen LogP contribution >= 0.6 is 0 Å². The predicted molar refractivity (Wildman–Crippen MR) is 77.5 cm³/mol. The average Bonchev–Trinajstić information content (AvgIpc) is 3.03. The van der Waals surface area contributed by atoms with Gasteiger partial charge in [-0.1, -0.05) is 58.3 Å². The van der Waals surface area contributed by atoms with Crippen LogP contribution in [0.4, 0.5) is 0 Å². The van der Waals surface area contributed by atoms with Gasteiger partial charge < -0.3 is 0 Å². The van der Waals surface area contributed by atoms with Crippen LogP contribution in [0.15, 0.2) is 11.0 Å². The zero-order valence-electron chi connectivity index (χ0n) is 12.0. The maximum absolute atomic E-state index is 2.58. The summed E-state index contributed by atoms with van der Waals surface area (Å²) in [5.41, 5.74) is 3.89. The Morgan fingerprint density at radius 3 is 2.47 bits per heavy atom. The third kappa shape index (κ3) is 3.63. The molecule has 0 aromatic rings. The minimum Gasteiger partial charge on any atom is -0.104 e. The van der Waals surface area contributed by atoms with Gasteiger partial charge in [0, 0.05) is 0 Å². The highest BCUT2D eigenvalue weighted by molar-refractivity contribution is 6.46. The summed E-state index contributed by atoms with van der Waals surface area (Å²) in [6.07, 6.45) is 12.7. The van der Waals surface area contributed by atoms with Crippen LogP contribution in [-0.2, 0) is 0 Å². The predicted octanol–water partition coefficient (Wildman–Crippen LogP) is 5.17. The van der Waals surface area contributed by atoms with Gasteiger partial charge in [0.15, 0.2) is 0 Å². The van der Waals surface area contributed by atoms with E-state index in [-0.39, 0.29) is 0 Å². The van der Waals surface area contributed by atoms with Crippen LogP contribution in [0.25, 0.3) is 0 Å². The molecule has 95 valence electrons. The second-order valence-electron chi connectivity index (χ2n) is 6.69. The molecule has 1 heteroatoms. The lowest BCUT2D eigenvalue weighted by Gasteiger charge is -2.33. The summed E-state index contributed by atoms with van der Waals surface area (Å²) >= 11 is 0. The molecule has 0 bridgehead atoms. The normalized spacial score (nSPS) is 20.1. The van der Waals surface area contributed by atoms with Crippen LogP contribution < -0.4 is 0 Å². The Hall–Kier alpha value is -0.195. The average molecular weight is 231 g/mol. The number of allylic oxidation sites excluding steroid dienone is 2. The van der Waals surface area contributed by atoms with Crippen molar-refractivity contribution in [1.82, 2.24) is 0 Å². The van der Waals surface area contributed by atoms with E-state index >= 15 is 0 Å². The van der Waals surface area contributed by atoms with Gasteiger partial charge in [-0.3, -0.25) is 0 Å². The first-order valence-corrected chi connectivity index (χ1v) is 7.69. The molecule has 0 aromatic carbocycles. The van der Waals surface area contributed by atoms with Crippen molar-refractivity contribution < 1.29 is 0 Å². The molecule has 0 unspecified atom stereocenters. The first-order chi connectivity index (χ1) is 8.13. The molecular weight excluding hydrogens is 203 g/mol. The Balaban J connectivity index is 1.82. The first kappa shape index (κ1) is 13.2. The number of rotatable bonds is 7. The van der Waals surface area contributed by atoms with Gasteiger partial charge in [0.2, 0.25) is 0 Å². The van der Waals surface area contributed by atoms with Crippen LogP contribution in [-0.4, -0.2) is 7.28 Å². The van der Waals surface area contributed by atoms with E-state index in [9.17, 15) is 0 Å². The maximum Gasteiger partial charge on any atom is 0.146 e. The highest BCUT2D eigenvalue weighted by Gasteiger charge is 2.27. The molecule has 0 heterocycles. The van der Waals surface area contributed by atoms with Gasteiger partial charge in [-0.25, -0.2) is 0 Å². The van der Waals surface area contributed by atoms with E-state index in [0.717, 1.165) is 5.92 Å². The van der Waals surface area contributed by atoms with E-state index in [1.54, 1.807) is 11.0 Å². The van der Waals surface area contributed by atoms with Crippen LogP contribution in [0.3, 0.4) is 0 Å². The van der Waals surface area contributed by atoms with Crippen molar-refractivity contribution in [2.24, 2.45) is 11.3 Å². The molecule has 2 rings (SSSR count). The van der Waals surface area contributed by atoms with Gasteiger partial charge in [0.1, 0.15) is 7.28 Å². The van der Waals surface area contributed by atoms with Gasteiger partial charge in [0.25, 0.3) is 0 Å². The fourth-order valence-corrected chi connectivity index (χ4v) is 2.77. The minimum atomic E-state index is 0.412. The monoisotopic (exact) mass is 231 g/mol. The van der Waals surface area contributed by atoms with Crippen LogP contribution in [0.2, 0.25) is 6.32 Å². The summed E-state index contributed by atoms with van der Waals surface area (Å²) in [6.45, 7) is 7.17. The molecule has 2 aliphatic carbocycles. The van der Waals surface area contributed by atoms with Crippen molar-refractivity contribution in [3.05, 3.63) is 11.0 Å². The zero-order valence-corrected chi connectivity index (χ0v) is 12.0. The Morgan fingerprint density at radius 1 is 1.29 bits per heavy atom. The molecule has 0 aliphatic heterocycles. The van der Waals surface area contributed by atoms with Crippen molar-refractivity contribution in [3.63, 3.8) is 0 Å². The number of hydrogen-bond acceptors (Lipinski definition) is 0. The molecule has 1 radical (unpaired) electrons. The van der Waals surface area contributed by atoms with Gasteiger partial charge >= 0.3 is 0 Å². The third-order valence-electron chi connectivity index (χ3n) is 4.81. The topological polar surface area (TPSA) is 0 Å². The van der Waals surface area contributed by atoms with E-state index in [0.29, 0.717) is 5.41 Å². The van der Waals surface area contributed by atoms with Crippen LogP contribution in [0.5, 0.6) is 0 Å². The molecule has 0 saturated heterocycles.